The van der Waals surface area contributed by atoms with Crippen molar-refractivity contribution in [1.29, 1.82) is 0 Å². The van der Waals surface area contributed by atoms with Gasteiger partial charge in [0.2, 0.25) is 0 Å². The number of fused-ring (bicyclic) bond motifs is 1. The van der Waals surface area contributed by atoms with Gasteiger partial charge in [-0.1, -0.05) is 11.6 Å². The molecule has 0 heterocycles. The van der Waals surface area contributed by atoms with E-state index in [0.717, 1.165) is 6.42 Å². The van der Waals surface area contributed by atoms with Crippen LogP contribution < -0.4 is 0 Å². The van der Waals surface area contributed by atoms with Crippen molar-refractivity contribution in [3.8, 4) is 0 Å². The van der Waals surface area contributed by atoms with Crippen LogP contribution in [-0.2, 0) is 14.3 Å². The van der Waals surface area contributed by atoms with E-state index in [1.807, 2.05) is 0 Å². The Hall–Kier alpha value is -0.360. The first-order valence-electron chi connectivity index (χ1n) is 6.70. The third-order valence-corrected chi connectivity index (χ3v) is 4.62. The summed E-state index contributed by atoms with van der Waals surface area (Å²) in [7, 11) is 1.56. The third kappa shape index (κ3) is 3.05. The number of aliphatic hydroxyl groups is 2. The van der Waals surface area contributed by atoms with Gasteiger partial charge in [-0.3, -0.25) is 4.79 Å². The van der Waals surface area contributed by atoms with E-state index < -0.39 is 6.10 Å². The lowest BCUT2D eigenvalue weighted by Crippen LogP contribution is -2.52. The van der Waals surface area contributed by atoms with Crippen LogP contribution in [0.4, 0.5) is 0 Å². The lowest BCUT2D eigenvalue weighted by Gasteiger charge is -2.47. The predicted octanol–water partition coefficient (Wildman–Crippen LogP) is 0.899. The Morgan fingerprint density at radius 3 is 2.63 bits per heavy atom. The molecular formula is C13H21ClO5. The normalized spacial score (nSPS) is 42.5. The summed E-state index contributed by atoms with van der Waals surface area (Å²) in [5, 5.41) is 19.9. The number of ether oxygens (including phenoxy) is 2. The highest BCUT2D eigenvalue weighted by Crippen LogP contribution is 2.45. The zero-order chi connectivity index (χ0) is 14.0. The van der Waals surface area contributed by atoms with E-state index in [0.29, 0.717) is 19.3 Å². The maximum Gasteiger partial charge on any atom is 0.310 e. The number of carbonyl (C=O) groups excluding carboxylic acids is 1. The average molecular weight is 293 g/mol. The summed E-state index contributed by atoms with van der Waals surface area (Å²) in [4.78, 5) is 12.0. The number of hydrogen-bond acceptors (Lipinski definition) is 5. The molecule has 0 aromatic carbocycles. The summed E-state index contributed by atoms with van der Waals surface area (Å²) in [5.74, 6) is -0.620. The summed E-state index contributed by atoms with van der Waals surface area (Å²) in [6, 6.07) is -0.168. The molecule has 0 unspecified atom stereocenters. The summed E-state index contributed by atoms with van der Waals surface area (Å²) in [5.41, 5.74) is 0. The van der Waals surface area contributed by atoms with Gasteiger partial charge in [-0.15, -0.1) is 0 Å². The minimum Gasteiger partial charge on any atom is -0.449 e. The van der Waals surface area contributed by atoms with Crippen LogP contribution in [0.3, 0.4) is 0 Å². The van der Waals surface area contributed by atoms with E-state index in [1.54, 1.807) is 7.11 Å². The molecule has 0 amide bonds. The van der Waals surface area contributed by atoms with Crippen LogP contribution in [0, 0.1) is 17.8 Å². The Kier molecular flexibility index (Phi) is 5.06. The van der Waals surface area contributed by atoms with Crippen LogP contribution in [-0.4, -0.2) is 47.7 Å². The maximum atomic E-state index is 12.0. The fourth-order valence-electron chi connectivity index (χ4n) is 3.70. The number of hydrogen-bond donors (Lipinski definition) is 2. The van der Waals surface area contributed by atoms with Crippen LogP contribution in [0.2, 0.25) is 0 Å². The minimum atomic E-state index is -0.704. The Bertz CT molecular complexity index is 324. The molecule has 0 aromatic heterocycles. The second-order valence-corrected chi connectivity index (χ2v) is 5.70. The minimum absolute atomic E-state index is 0.00891. The number of methoxy groups -OCH3 is 1. The van der Waals surface area contributed by atoms with Crippen LogP contribution in [0.25, 0.3) is 0 Å². The Morgan fingerprint density at radius 2 is 2.00 bits per heavy atom. The molecule has 0 radical (unpaired) electrons. The molecule has 2 N–H and O–H groups in total. The molecule has 0 aliphatic heterocycles. The first kappa shape index (κ1) is 15.0. The molecule has 0 spiro atoms. The fourth-order valence-corrected chi connectivity index (χ4v) is 3.81. The molecule has 6 heteroatoms. The molecule has 0 bridgehead atoms. The molecule has 2 aliphatic rings. The highest BCUT2D eigenvalue weighted by atomic mass is 35.5. The van der Waals surface area contributed by atoms with Gasteiger partial charge in [-0.25, -0.2) is 0 Å². The van der Waals surface area contributed by atoms with Gasteiger partial charge in [0.15, 0.2) is 6.07 Å². The van der Waals surface area contributed by atoms with Gasteiger partial charge in [0, 0.05) is 7.11 Å². The van der Waals surface area contributed by atoms with Crippen molar-refractivity contribution in [2.75, 3.05) is 13.2 Å². The van der Waals surface area contributed by atoms with Gasteiger partial charge in [-0.2, -0.15) is 0 Å². The number of esters is 1. The number of halogens is 1. The molecule has 2 fully saturated rings. The Balaban J connectivity index is 2.17. The molecule has 110 valence electrons. The molecule has 0 aromatic rings. The Morgan fingerprint density at radius 1 is 1.26 bits per heavy atom. The van der Waals surface area contributed by atoms with Crippen molar-refractivity contribution in [2.45, 2.75) is 44.0 Å². The molecular weight excluding hydrogens is 272 g/mol. The molecule has 5 nitrogen and oxygen atoms in total. The molecule has 2 saturated carbocycles. The smallest absolute Gasteiger partial charge is 0.310 e. The second kappa shape index (κ2) is 6.39. The largest absolute Gasteiger partial charge is 0.449 e. The number of aliphatic hydroxyl groups excluding tert-OH is 2. The number of rotatable bonds is 3. The van der Waals surface area contributed by atoms with E-state index in [4.69, 9.17) is 21.1 Å². The lowest BCUT2D eigenvalue weighted by atomic mass is 9.62. The summed E-state index contributed by atoms with van der Waals surface area (Å²) in [6.45, 7) is 0. The predicted molar refractivity (Wildman–Crippen MR) is 68.6 cm³/mol. The van der Waals surface area contributed by atoms with Crippen molar-refractivity contribution in [3.05, 3.63) is 0 Å². The first-order chi connectivity index (χ1) is 9.08. The van der Waals surface area contributed by atoms with E-state index in [1.165, 1.54) is 0 Å². The van der Waals surface area contributed by atoms with Gasteiger partial charge in [0.25, 0.3) is 0 Å². The van der Waals surface area contributed by atoms with E-state index in [9.17, 15) is 15.0 Å². The molecule has 19 heavy (non-hydrogen) atoms. The van der Waals surface area contributed by atoms with E-state index in [2.05, 4.69) is 0 Å². The van der Waals surface area contributed by atoms with Crippen LogP contribution in [0.15, 0.2) is 0 Å². The van der Waals surface area contributed by atoms with Crippen molar-refractivity contribution >= 4 is 17.6 Å². The van der Waals surface area contributed by atoms with Gasteiger partial charge in [0.1, 0.15) is 0 Å². The van der Waals surface area contributed by atoms with Gasteiger partial charge < -0.3 is 19.7 Å². The van der Waals surface area contributed by atoms with Crippen LogP contribution in [0.1, 0.15) is 25.7 Å². The van der Waals surface area contributed by atoms with Crippen molar-refractivity contribution < 1.29 is 24.5 Å². The van der Waals surface area contributed by atoms with Crippen molar-refractivity contribution in [1.82, 2.24) is 0 Å². The van der Waals surface area contributed by atoms with Gasteiger partial charge in [-0.05, 0) is 37.5 Å². The van der Waals surface area contributed by atoms with Crippen LogP contribution in [0.5, 0.6) is 0 Å². The lowest BCUT2D eigenvalue weighted by molar-refractivity contribution is -0.169. The average Bonchev–Trinajstić information content (AvgIpc) is 2.38. The summed E-state index contributed by atoms with van der Waals surface area (Å²) >= 11 is 5.44. The van der Waals surface area contributed by atoms with Gasteiger partial charge >= 0.3 is 5.97 Å². The highest BCUT2D eigenvalue weighted by Gasteiger charge is 2.49. The fraction of sp³-hybridized carbons (Fsp3) is 0.923. The first-order valence-corrected chi connectivity index (χ1v) is 7.23. The van der Waals surface area contributed by atoms with Gasteiger partial charge in [0.05, 0.1) is 24.2 Å². The molecule has 0 saturated heterocycles. The van der Waals surface area contributed by atoms with E-state index >= 15 is 0 Å². The maximum absolute atomic E-state index is 12.0. The third-order valence-electron chi connectivity index (χ3n) is 4.51. The molecule has 2 aliphatic carbocycles. The molecule has 2 rings (SSSR count). The quantitative estimate of drug-likeness (QED) is 0.597. The standard InChI is InChI=1S/C13H21ClO5/c1-18-12-9-4-7(15)2-3-8(9)10(5-11(12)16)13(17)19-6-14/h7-12,15-16H,2-6H2,1H3/t7-,8+,9-,10-,11+,12+/m1/s1. The monoisotopic (exact) mass is 292 g/mol. The topological polar surface area (TPSA) is 76.0 Å². The molecule has 6 atom stereocenters. The SMILES string of the molecule is CO[C@H]1[C@@H]2C[C@H](O)CC[C@@H]2[C@H](C(=O)OCCl)C[C@@H]1O. The summed E-state index contributed by atoms with van der Waals surface area (Å²) in [6.07, 6.45) is 0.924. The van der Waals surface area contributed by atoms with Crippen molar-refractivity contribution in [2.24, 2.45) is 17.8 Å². The zero-order valence-electron chi connectivity index (χ0n) is 11.0. The second-order valence-electron chi connectivity index (χ2n) is 5.48. The Labute approximate surface area is 117 Å². The number of alkyl halides is 1. The van der Waals surface area contributed by atoms with E-state index in [-0.39, 0.29) is 42.0 Å². The van der Waals surface area contributed by atoms with Crippen LogP contribution >= 0.6 is 11.6 Å². The number of carbonyl (C=O) groups is 1. The zero-order valence-corrected chi connectivity index (χ0v) is 11.8. The summed E-state index contributed by atoms with van der Waals surface area (Å²) < 4.78 is 10.3. The highest BCUT2D eigenvalue weighted by molar-refractivity contribution is 6.17. The van der Waals surface area contributed by atoms with Crippen molar-refractivity contribution in [3.63, 3.8) is 0 Å².